The van der Waals surface area contributed by atoms with Crippen LogP contribution in [0.4, 0.5) is 10.2 Å². The van der Waals surface area contributed by atoms with Crippen molar-refractivity contribution < 1.29 is 22.7 Å². The number of halogens is 1. The predicted octanol–water partition coefficient (Wildman–Crippen LogP) is 1.36. The largest absolute Gasteiger partial charge is 0.478 e. The molecule has 0 amide bonds. The van der Waals surface area contributed by atoms with Crippen molar-refractivity contribution in [2.45, 2.75) is 11.8 Å². The molecule has 2 rings (SSSR count). The lowest BCUT2D eigenvalue weighted by atomic mass is 10.2. The molecule has 0 unspecified atom stereocenters. The van der Waals surface area contributed by atoms with E-state index >= 15 is 0 Å². The molecule has 0 atom stereocenters. The number of anilines is 1. The Morgan fingerprint density at radius 1 is 1.45 bits per heavy atom. The molecule has 0 bridgehead atoms. The van der Waals surface area contributed by atoms with Gasteiger partial charge in [-0.05, 0) is 25.1 Å². The summed E-state index contributed by atoms with van der Waals surface area (Å²) < 4.78 is 39.6. The van der Waals surface area contributed by atoms with Crippen LogP contribution in [0.5, 0.6) is 0 Å². The minimum Gasteiger partial charge on any atom is -0.478 e. The van der Waals surface area contributed by atoms with E-state index in [0.717, 1.165) is 18.2 Å². The summed E-state index contributed by atoms with van der Waals surface area (Å²) in [6.45, 7) is 1.63. The minimum atomic E-state index is -4.03. The number of rotatable bonds is 4. The number of benzene rings is 1. The number of carbonyl (C=O) groups is 1. The fraction of sp³-hybridized carbons (Fsp3) is 0.0909. The Hall–Kier alpha value is -2.42. The maximum atomic E-state index is 13.2. The summed E-state index contributed by atoms with van der Waals surface area (Å²) in [7, 11) is -4.03. The Kier molecular flexibility index (Phi) is 3.45. The molecule has 0 saturated heterocycles. The van der Waals surface area contributed by atoms with Crippen molar-refractivity contribution in [2.75, 3.05) is 4.72 Å². The van der Waals surface area contributed by atoms with Crippen LogP contribution >= 0.6 is 0 Å². The second-order valence-electron chi connectivity index (χ2n) is 3.98. The van der Waals surface area contributed by atoms with Crippen LogP contribution in [0.2, 0.25) is 0 Å². The third-order valence-corrected chi connectivity index (χ3v) is 3.89. The lowest BCUT2D eigenvalue weighted by Crippen LogP contribution is -2.15. The molecule has 0 aliphatic rings. The maximum absolute atomic E-state index is 13.2. The van der Waals surface area contributed by atoms with Gasteiger partial charge in [0.25, 0.3) is 10.0 Å². The molecule has 0 saturated carbocycles. The molecule has 1 heterocycles. The van der Waals surface area contributed by atoms with Crippen LogP contribution in [0.25, 0.3) is 0 Å². The maximum Gasteiger partial charge on any atom is 0.338 e. The third-order valence-electron chi connectivity index (χ3n) is 2.54. The predicted molar refractivity (Wildman–Crippen MR) is 67.5 cm³/mol. The van der Waals surface area contributed by atoms with Gasteiger partial charge in [0.15, 0.2) is 0 Å². The van der Waals surface area contributed by atoms with E-state index in [2.05, 4.69) is 14.9 Å². The van der Waals surface area contributed by atoms with E-state index in [-0.39, 0.29) is 10.7 Å². The lowest BCUT2D eigenvalue weighted by Gasteiger charge is -2.08. The van der Waals surface area contributed by atoms with Crippen LogP contribution in [0.3, 0.4) is 0 Å². The molecule has 0 aliphatic heterocycles. The summed E-state index contributed by atoms with van der Waals surface area (Å²) in [5.74, 6) is -2.39. The number of aromatic amines is 1. The van der Waals surface area contributed by atoms with Gasteiger partial charge < -0.3 is 5.11 Å². The molecule has 7 nitrogen and oxygen atoms in total. The van der Waals surface area contributed by atoms with Crippen molar-refractivity contribution in [1.82, 2.24) is 10.2 Å². The summed E-state index contributed by atoms with van der Waals surface area (Å²) in [5.41, 5.74) is -0.150. The number of hydrogen-bond acceptors (Lipinski definition) is 4. The zero-order chi connectivity index (χ0) is 14.9. The first-order valence-electron chi connectivity index (χ1n) is 5.37. The van der Waals surface area contributed by atoms with Crippen molar-refractivity contribution in [2.24, 2.45) is 0 Å². The smallest absolute Gasteiger partial charge is 0.338 e. The summed E-state index contributed by atoms with van der Waals surface area (Å²) in [4.78, 5) is 10.4. The molecular weight excluding hydrogens is 289 g/mol. The fourth-order valence-electron chi connectivity index (χ4n) is 1.48. The van der Waals surface area contributed by atoms with Crippen LogP contribution in [0.1, 0.15) is 15.9 Å². The van der Waals surface area contributed by atoms with Gasteiger partial charge in [-0.25, -0.2) is 17.6 Å². The molecule has 0 radical (unpaired) electrons. The number of aromatic carboxylic acids is 1. The summed E-state index contributed by atoms with van der Waals surface area (Å²) in [6.07, 6.45) is 1.42. The van der Waals surface area contributed by atoms with Gasteiger partial charge >= 0.3 is 5.97 Å². The van der Waals surface area contributed by atoms with E-state index in [1.807, 2.05) is 0 Å². The number of nitrogens with zero attached hydrogens (tertiary/aromatic N) is 1. The van der Waals surface area contributed by atoms with E-state index in [1.54, 1.807) is 6.92 Å². The molecule has 1 aromatic heterocycles. The lowest BCUT2D eigenvalue weighted by molar-refractivity contribution is 0.0691. The zero-order valence-electron chi connectivity index (χ0n) is 10.2. The minimum absolute atomic E-state index is 0.159. The topological polar surface area (TPSA) is 112 Å². The van der Waals surface area contributed by atoms with E-state index in [0.29, 0.717) is 5.56 Å². The Morgan fingerprint density at radius 2 is 2.15 bits per heavy atom. The van der Waals surface area contributed by atoms with Crippen LogP contribution in [0.15, 0.2) is 29.3 Å². The Bertz CT molecular complexity index is 770. The summed E-state index contributed by atoms with van der Waals surface area (Å²) in [5, 5.41) is 14.9. The highest BCUT2D eigenvalue weighted by Crippen LogP contribution is 2.19. The first-order valence-corrected chi connectivity index (χ1v) is 6.85. The highest BCUT2D eigenvalue weighted by Gasteiger charge is 2.20. The van der Waals surface area contributed by atoms with Crippen molar-refractivity contribution in [3.63, 3.8) is 0 Å². The zero-order valence-corrected chi connectivity index (χ0v) is 11.0. The van der Waals surface area contributed by atoms with Gasteiger partial charge in [-0.1, -0.05) is 0 Å². The number of nitrogens with one attached hydrogen (secondary N) is 2. The standard InChI is InChI=1S/C11H10FN3O4S/c1-6-5-13-14-10(6)15-20(18,19)7-2-3-9(12)8(4-7)11(16)17/h2-5H,1H3,(H,16,17)(H2,13,14,15). The molecule has 0 aliphatic carbocycles. The van der Waals surface area contributed by atoms with Crippen molar-refractivity contribution in [3.05, 3.63) is 41.3 Å². The van der Waals surface area contributed by atoms with Crippen LogP contribution in [-0.2, 0) is 10.0 Å². The normalized spacial score (nSPS) is 11.3. The molecule has 2 aromatic rings. The van der Waals surface area contributed by atoms with E-state index < -0.39 is 27.4 Å². The SMILES string of the molecule is Cc1cn[nH]c1NS(=O)(=O)c1ccc(F)c(C(=O)O)c1. The van der Waals surface area contributed by atoms with Gasteiger partial charge in [-0.3, -0.25) is 9.82 Å². The Balaban J connectivity index is 2.42. The van der Waals surface area contributed by atoms with Crippen molar-refractivity contribution >= 4 is 21.8 Å². The summed E-state index contributed by atoms with van der Waals surface area (Å²) in [6, 6.07) is 2.53. The van der Waals surface area contributed by atoms with Crippen molar-refractivity contribution in [1.29, 1.82) is 0 Å². The number of carboxylic acid groups (broad SMARTS) is 1. The number of aryl methyl sites for hydroxylation is 1. The fourth-order valence-corrected chi connectivity index (χ4v) is 2.59. The van der Waals surface area contributed by atoms with E-state index in [9.17, 15) is 17.6 Å². The number of aromatic nitrogens is 2. The molecule has 0 fully saturated rings. The van der Waals surface area contributed by atoms with Crippen molar-refractivity contribution in [3.8, 4) is 0 Å². The van der Waals surface area contributed by atoms with Gasteiger partial charge in [0.05, 0.1) is 16.7 Å². The van der Waals surface area contributed by atoms with E-state index in [1.165, 1.54) is 6.20 Å². The second-order valence-corrected chi connectivity index (χ2v) is 5.66. The van der Waals surface area contributed by atoms with Gasteiger partial charge in [-0.2, -0.15) is 5.10 Å². The second kappa shape index (κ2) is 4.93. The third kappa shape index (κ3) is 2.62. The molecule has 3 N–H and O–H groups in total. The van der Waals surface area contributed by atoms with Crippen LogP contribution < -0.4 is 4.72 Å². The quantitative estimate of drug-likeness (QED) is 0.789. The number of carboxylic acids is 1. The van der Waals surface area contributed by atoms with Gasteiger partial charge in [0, 0.05) is 5.56 Å². The first-order chi connectivity index (χ1) is 9.31. The molecular formula is C11H10FN3O4S. The van der Waals surface area contributed by atoms with Gasteiger partial charge in [0.1, 0.15) is 11.6 Å². The van der Waals surface area contributed by atoms with E-state index in [4.69, 9.17) is 5.11 Å². The van der Waals surface area contributed by atoms with Gasteiger partial charge in [-0.15, -0.1) is 0 Å². The van der Waals surface area contributed by atoms with Gasteiger partial charge in [0.2, 0.25) is 0 Å². The molecule has 1 aromatic carbocycles. The monoisotopic (exact) mass is 299 g/mol. The molecule has 9 heteroatoms. The highest BCUT2D eigenvalue weighted by atomic mass is 32.2. The van der Waals surface area contributed by atoms with Crippen LogP contribution in [-0.4, -0.2) is 29.7 Å². The number of hydrogen-bond donors (Lipinski definition) is 3. The molecule has 106 valence electrons. The molecule has 0 spiro atoms. The Labute approximate surface area is 113 Å². The first kappa shape index (κ1) is 14.0. The summed E-state index contributed by atoms with van der Waals surface area (Å²) >= 11 is 0. The number of sulfonamides is 1. The highest BCUT2D eigenvalue weighted by molar-refractivity contribution is 7.92. The average molecular weight is 299 g/mol. The molecule has 20 heavy (non-hydrogen) atoms. The number of H-pyrrole nitrogens is 1. The average Bonchev–Trinajstić information content (AvgIpc) is 2.74. The van der Waals surface area contributed by atoms with Crippen LogP contribution in [0, 0.1) is 12.7 Å². The Morgan fingerprint density at radius 3 is 2.70 bits per heavy atom.